The van der Waals surface area contributed by atoms with Gasteiger partial charge < -0.3 is 15.1 Å². The van der Waals surface area contributed by atoms with Crippen molar-refractivity contribution in [2.24, 2.45) is 0 Å². The van der Waals surface area contributed by atoms with Gasteiger partial charge in [-0.25, -0.2) is 4.79 Å². The molecule has 0 aromatic heterocycles. The molecule has 1 aromatic carbocycles. The van der Waals surface area contributed by atoms with E-state index in [4.69, 9.17) is 0 Å². The third kappa shape index (κ3) is 3.66. The number of rotatable bonds is 2. The van der Waals surface area contributed by atoms with Crippen LogP contribution in [0.25, 0.3) is 0 Å². The summed E-state index contributed by atoms with van der Waals surface area (Å²) < 4.78 is 1.09. The van der Waals surface area contributed by atoms with Gasteiger partial charge in [-0.15, -0.1) is 0 Å². The SMILES string of the molecule is Cc1ccc(Br)cc1NC1CCN(C(=O)N(C)C)CC1. The van der Waals surface area contributed by atoms with Crippen LogP contribution in [0, 0.1) is 6.92 Å². The quantitative estimate of drug-likeness (QED) is 0.897. The second-order valence-corrected chi connectivity index (χ2v) is 6.46. The molecule has 4 nitrogen and oxygen atoms in total. The number of anilines is 1. The van der Waals surface area contributed by atoms with Gasteiger partial charge in [-0.1, -0.05) is 22.0 Å². The number of nitrogens with zero attached hydrogens (tertiary/aromatic N) is 2. The summed E-state index contributed by atoms with van der Waals surface area (Å²) in [7, 11) is 3.61. The topological polar surface area (TPSA) is 35.6 Å². The standard InChI is InChI=1S/C15H22BrN3O/c1-11-4-5-12(16)10-14(11)17-13-6-8-19(9-7-13)15(20)18(2)3/h4-5,10,13,17H,6-9H2,1-3H3. The van der Waals surface area contributed by atoms with Crippen molar-refractivity contribution >= 4 is 27.6 Å². The number of benzene rings is 1. The predicted octanol–water partition coefficient (Wildman–Crippen LogP) is 3.32. The van der Waals surface area contributed by atoms with E-state index >= 15 is 0 Å². The fraction of sp³-hybridized carbons (Fsp3) is 0.533. The highest BCUT2D eigenvalue weighted by Crippen LogP contribution is 2.24. The number of carbonyl (C=O) groups excluding carboxylic acids is 1. The van der Waals surface area contributed by atoms with Crippen LogP contribution in [0.5, 0.6) is 0 Å². The molecule has 1 aliphatic heterocycles. The maximum Gasteiger partial charge on any atom is 0.319 e. The Labute approximate surface area is 129 Å². The molecule has 1 aliphatic rings. The Bertz CT molecular complexity index is 482. The second kappa shape index (κ2) is 6.48. The predicted molar refractivity (Wildman–Crippen MR) is 86.2 cm³/mol. The number of urea groups is 1. The van der Waals surface area contributed by atoms with Crippen molar-refractivity contribution in [3.05, 3.63) is 28.2 Å². The highest BCUT2D eigenvalue weighted by Gasteiger charge is 2.23. The number of likely N-dealkylation sites (tertiary alicyclic amines) is 1. The Hall–Kier alpha value is -1.23. The summed E-state index contributed by atoms with van der Waals surface area (Å²) in [5.74, 6) is 0. The van der Waals surface area contributed by atoms with Crippen LogP contribution in [-0.4, -0.2) is 49.1 Å². The van der Waals surface area contributed by atoms with Crippen LogP contribution in [0.4, 0.5) is 10.5 Å². The first-order valence-corrected chi connectivity index (χ1v) is 7.75. The van der Waals surface area contributed by atoms with E-state index in [1.54, 1.807) is 19.0 Å². The Kier molecular flexibility index (Phi) is 4.91. The van der Waals surface area contributed by atoms with Gasteiger partial charge in [0.15, 0.2) is 0 Å². The lowest BCUT2D eigenvalue weighted by Crippen LogP contribution is -2.46. The van der Waals surface area contributed by atoms with Gasteiger partial charge in [-0.3, -0.25) is 0 Å². The van der Waals surface area contributed by atoms with Crippen molar-refractivity contribution in [3.63, 3.8) is 0 Å². The van der Waals surface area contributed by atoms with Crippen molar-refractivity contribution in [3.8, 4) is 0 Å². The smallest absolute Gasteiger partial charge is 0.319 e. The van der Waals surface area contributed by atoms with Gasteiger partial charge in [-0.2, -0.15) is 0 Å². The van der Waals surface area contributed by atoms with E-state index in [0.717, 1.165) is 30.4 Å². The van der Waals surface area contributed by atoms with Gasteiger partial charge in [-0.05, 0) is 37.5 Å². The third-order valence-electron chi connectivity index (χ3n) is 3.71. The number of nitrogens with one attached hydrogen (secondary N) is 1. The monoisotopic (exact) mass is 339 g/mol. The molecule has 1 heterocycles. The zero-order valence-electron chi connectivity index (χ0n) is 12.3. The molecule has 0 atom stereocenters. The maximum absolute atomic E-state index is 11.9. The zero-order chi connectivity index (χ0) is 14.7. The molecule has 1 fully saturated rings. The van der Waals surface area contributed by atoms with E-state index in [-0.39, 0.29) is 6.03 Å². The molecule has 0 radical (unpaired) electrons. The Morgan fingerprint density at radius 3 is 2.60 bits per heavy atom. The van der Waals surface area contributed by atoms with Crippen LogP contribution in [0.15, 0.2) is 22.7 Å². The molecule has 2 amide bonds. The number of carbonyl (C=O) groups is 1. The number of aryl methyl sites for hydroxylation is 1. The van der Waals surface area contributed by atoms with Crippen LogP contribution in [0.2, 0.25) is 0 Å². The molecular weight excluding hydrogens is 318 g/mol. The lowest BCUT2D eigenvalue weighted by atomic mass is 10.0. The Balaban J connectivity index is 1.91. The van der Waals surface area contributed by atoms with Gasteiger partial charge in [0.25, 0.3) is 0 Å². The zero-order valence-corrected chi connectivity index (χ0v) is 13.9. The van der Waals surface area contributed by atoms with Gasteiger partial charge in [0.05, 0.1) is 0 Å². The minimum absolute atomic E-state index is 0.113. The first kappa shape index (κ1) is 15.2. The van der Waals surface area contributed by atoms with Gasteiger partial charge >= 0.3 is 6.03 Å². The molecule has 2 rings (SSSR count). The first-order chi connectivity index (χ1) is 9.47. The third-order valence-corrected chi connectivity index (χ3v) is 4.20. The van der Waals surface area contributed by atoms with Crippen LogP contribution in [0.1, 0.15) is 18.4 Å². The molecule has 0 aliphatic carbocycles. The van der Waals surface area contributed by atoms with Gasteiger partial charge in [0.1, 0.15) is 0 Å². The molecule has 20 heavy (non-hydrogen) atoms. The summed E-state index contributed by atoms with van der Waals surface area (Å²) in [5.41, 5.74) is 2.43. The molecule has 1 aromatic rings. The minimum atomic E-state index is 0.113. The summed E-state index contributed by atoms with van der Waals surface area (Å²) in [6.07, 6.45) is 1.98. The van der Waals surface area contributed by atoms with E-state index in [1.807, 2.05) is 4.90 Å². The fourth-order valence-electron chi connectivity index (χ4n) is 2.47. The molecule has 110 valence electrons. The van der Waals surface area contributed by atoms with E-state index in [2.05, 4.69) is 46.4 Å². The summed E-state index contributed by atoms with van der Waals surface area (Å²) in [5, 5.41) is 3.60. The Morgan fingerprint density at radius 2 is 2.00 bits per heavy atom. The molecule has 5 heteroatoms. The highest BCUT2D eigenvalue weighted by atomic mass is 79.9. The van der Waals surface area contributed by atoms with Crippen LogP contribution in [-0.2, 0) is 0 Å². The summed E-state index contributed by atoms with van der Waals surface area (Å²) in [6, 6.07) is 6.83. The molecular formula is C15H22BrN3O. The second-order valence-electron chi connectivity index (χ2n) is 5.54. The van der Waals surface area contributed by atoms with Crippen molar-refractivity contribution in [1.82, 2.24) is 9.80 Å². The van der Waals surface area contributed by atoms with Crippen molar-refractivity contribution < 1.29 is 4.79 Å². The number of halogens is 1. The summed E-state index contributed by atoms with van der Waals surface area (Å²) in [4.78, 5) is 15.5. The first-order valence-electron chi connectivity index (χ1n) is 6.96. The van der Waals surface area contributed by atoms with Crippen LogP contribution >= 0.6 is 15.9 Å². The highest BCUT2D eigenvalue weighted by molar-refractivity contribution is 9.10. The normalized spacial score (nSPS) is 16.1. The molecule has 1 saturated heterocycles. The van der Waals surface area contributed by atoms with E-state index < -0.39 is 0 Å². The van der Waals surface area contributed by atoms with Crippen LogP contribution in [0.3, 0.4) is 0 Å². The van der Waals surface area contributed by atoms with Crippen molar-refractivity contribution in [2.75, 3.05) is 32.5 Å². The molecule has 0 unspecified atom stereocenters. The lowest BCUT2D eigenvalue weighted by Gasteiger charge is -2.34. The summed E-state index contributed by atoms with van der Waals surface area (Å²) >= 11 is 3.51. The summed E-state index contributed by atoms with van der Waals surface area (Å²) in [6.45, 7) is 3.75. The average molecular weight is 340 g/mol. The van der Waals surface area contributed by atoms with Crippen molar-refractivity contribution in [1.29, 1.82) is 0 Å². The van der Waals surface area contributed by atoms with E-state index in [0.29, 0.717) is 6.04 Å². The number of hydrogen-bond donors (Lipinski definition) is 1. The number of amides is 2. The fourth-order valence-corrected chi connectivity index (χ4v) is 2.83. The molecule has 0 saturated carbocycles. The number of hydrogen-bond acceptors (Lipinski definition) is 2. The lowest BCUT2D eigenvalue weighted by molar-refractivity contribution is 0.158. The number of piperidine rings is 1. The van der Waals surface area contributed by atoms with E-state index in [9.17, 15) is 4.79 Å². The molecule has 0 spiro atoms. The molecule has 1 N–H and O–H groups in total. The minimum Gasteiger partial charge on any atom is -0.382 e. The Morgan fingerprint density at radius 1 is 1.35 bits per heavy atom. The largest absolute Gasteiger partial charge is 0.382 e. The van der Waals surface area contributed by atoms with Crippen molar-refractivity contribution in [2.45, 2.75) is 25.8 Å². The van der Waals surface area contributed by atoms with E-state index in [1.165, 1.54) is 11.3 Å². The van der Waals surface area contributed by atoms with Crippen LogP contribution < -0.4 is 5.32 Å². The average Bonchev–Trinajstić information content (AvgIpc) is 2.43. The van der Waals surface area contributed by atoms with Gasteiger partial charge in [0, 0.05) is 43.4 Å². The maximum atomic E-state index is 11.9. The van der Waals surface area contributed by atoms with Gasteiger partial charge in [0.2, 0.25) is 0 Å². The molecule has 0 bridgehead atoms.